The van der Waals surface area contributed by atoms with Crippen molar-refractivity contribution in [1.29, 1.82) is 0 Å². The highest BCUT2D eigenvalue weighted by molar-refractivity contribution is 5.90. The van der Waals surface area contributed by atoms with Crippen molar-refractivity contribution in [2.45, 2.75) is 89.3 Å². The summed E-state index contributed by atoms with van der Waals surface area (Å²) >= 11 is 0. The molecule has 550 valence electrons. The number of carbonyl (C=O) groups excluding carboxylic acids is 14. The minimum atomic E-state index is -2.27. The normalized spacial score (nSPS) is 11.7. The average molecular weight is 1380 g/mol. The molecule has 0 aliphatic rings. The van der Waals surface area contributed by atoms with E-state index in [0.717, 1.165) is 0 Å². The first kappa shape index (κ1) is 88.3. The Hall–Kier alpha value is -7.74. The van der Waals surface area contributed by atoms with Gasteiger partial charge < -0.3 is 109 Å². The smallest absolute Gasteiger partial charge is 0.306 e. The van der Waals surface area contributed by atoms with Gasteiger partial charge in [0.1, 0.15) is 0 Å². The third-order valence-electron chi connectivity index (χ3n) is 14.8. The molecule has 0 saturated carbocycles. The first-order chi connectivity index (χ1) is 45.9. The molecule has 0 aromatic carbocycles. The zero-order chi connectivity index (χ0) is 72.1. The summed E-state index contributed by atoms with van der Waals surface area (Å²) < 4.78 is 37.8. The van der Waals surface area contributed by atoms with Crippen LogP contribution in [0.2, 0.25) is 0 Å². The number of carbonyl (C=O) groups is 14. The fraction of sp³-hybridized carbons (Fsp3) is 0.767. The van der Waals surface area contributed by atoms with Gasteiger partial charge in [-0.3, -0.25) is 67.1 Å². The highest BCUT2D eigenvalue weighted by atomic mass is 16.5. The molecule has 0 spiro atoms. The lowest BCUT2D eigenvalue weighted by Crippen LogP contribution is -2.51. The van der Waals surface area contributed by atoms with E-state index in [1.807, 2.05) is 0 Å². The van der Waals surface area contributed by atoms with Crippen LogP contribution in [0.3, 0.4) is 0 Å². The van der Waals surface area contributed by atoms with E-state index in [9.17, 15) is 77.3 Å². The molecule has 0 aromatic heterocycles. The maximum absolute atomic E-state index is 13.2. The Morgan fingerprint density at radius 3 is 0.510 bits per heavy atom. The number of nitrogens with one attached hydrogen (secondary N) is 6. The minimum absolute atomic E-state index is 0.00986. The quantitative estimate of drug-likeness (QED) is 0.0208. The van der Waals surface area contributed by atoms with Crippen LogP contribution < -0.4 is 31.9 Å². The number of nitrogens with zero attached hydrogens (tertiary/aromatic N) is 6. The number of hydrogen-bond donors (Lipinski definition) is 8. The number of amides is 6. The maximum Gasteiger partial charge on any atom is 0.306 e. The Kier molecular flexibility index (Phi) is 50.9. The van der Waals surface area contributed by atoms with Gasteiger partial charge in [-0.25, -0.2) is 0 Å². The molecular weight excluding hydrogens is 1270 g/mol. The highest BCUT2D eigenvalue weighted by Gasteiger charge is 2.30. The summed E-state index contributed by atoms with van der Waals surface area (Å²) in [5, 5.41) is 37.8. The van der Waals surface area contributed by atoms with Crippen LogP contribution in [0.15, 0.2) is 0 Å². The van der Waals surface area contributed by atoms with Crippen molar-refractivity contribution >= 4 is 83.2 Å². The number of methoxy groups -OCH3 is 8. The molecule has 36 nitrogen and oxygen atoms in total. The Bertz CT molecular complexity index is 2010. The van der Waals surface area contributed by atoms with Gasteiger partial charge in [-0.05, 0) is 0 Å². The Labute approximate surface area is 561 Å². The fourth-order valence-electron chi connectivity index (χ4n) is 8.80. The minimum Gasteiger partial charge on any atom is -0.469 e. The van der Waals surface area contributed by atoms with Crippen LogP contribution in [0, 0.1) is 0 Å². The van der Waals surface area contributed by atoms with Crippen LogP contribution in [-0.4, -0.2) is 349 Å². The molecule has 2 atom stereocenters. The molecule has 0 heterocycles. The fourth-order valence-corrected chi connectivity index (χ4v) is 8.80. The number of hydrogen-bond acceptors (Lipinski definition) is 30. The summed E-state index contributed by atoms with van der Waals surface area (Å²) in [5.74, 6) is -7.53. The van der Waals surface area contributed by atoms with Crippen molar-refractivity contribution < 1.29 is 115 Å². The van der Waals surface area contributed by atoms with Crippen molar-refractivity contribution in [3.63, 3.8) is 0 Å². The summed E-state index contributed by atoms with van der Waals surface area (Å²) in [6.07, 6.45) is -4.58. The van der Waals surface area contributed by atoms with Crippen LogP contribution in [0.5, 0.6) is 0 Å². The van der Waals surface area contributed by atoms with Crippen molar-refractivity contribution in [2.75, 3.05) is 214 Å². The van der Waals surface area contributed by atoms with Gasteiger partial charge in [0, 0.05) is 183 Å². The van der Waals surface area contributed by atoms with Gasteiger partial charge in [-0.15, -0.1) is 0 Å². The Morgan fingerprint density at radius 2 is 0.365 bits per heavy atom. The number of ether oxygens (including phenoxy) is 8. The molecule has 0 rings (SSSR count). The molecule has 96 heavy (non-hydrogen) atoms. The summed E-state index contributed by atoms with van der Waals surface area (Å²) in [6.45, 7) is 3.45. The van der Waals surface area contributed by atoms with Crippen molar-refractivity contribution in [1.82, 2.24) is 61.3 Å². The lowest BCUT2D eigenvalue weighted by molar-refractivity contribution is -0.146. The largest absolute Gasteiger partial charge is 0.469 e. The number of esters is 8. The van der Waals surface area contributed by atoms with E-state index in [0.29, 0.717) is 0 Å². The number of aliphatic hydroxyl groups is 2. The van der Waals surface area contributed by atoms with Crippen molar-refractivity contribution in [2.24, 2.45) is 0 Å². The van der Waals surface area contributed by atoms with E-state index < -0.39 is 95.4 Å². The van der Waals surface area contributed by atoms with E-state index in [1.54, 1.807) is 29.4 Å². The van der Waals surface area contributed by atoms with Gasteiger partial charge in [0.2, 0.25) is 23.6 Å². The maximum atomic E-state index is 13.2. The van der Waals surface area contributed by atoms with E-state index >= 15 is 0 Å². The average Bonchev–Trinajstić information content (AvgIpc) is 2.95. The molecule has 36 heteroatoms. The molecule has 0 aliphatic carbocycles. The molecule has 6 amide bonds. The summed E-state index contributed by atoms with van der Waals surface area (Å²) in [6, 6.07) is 0. The molecule has 0 unspecified atom stereocenters. The topological polar surface area (TPSA) is 445 Å². The molecule has 0 aliphatic heterocycles. The lowest BCUT2D eigenvalue weighted by atomic mass is 10.1. The van der Waals surface area contributed by atoms with Crippen LogP contribution in [-0.2, 0) is 105 Å². The van der Waals surface area contributed by atoms with Gasteiger partial charge in [-0.2, -0.15) is 0 Å². The zero-order valence-electron chi connectivity index (χ0n) is 57.2. The first-order valence-electron chi connectivity index (χ1n) is 31.7. The van der Waals surface area contributed by atoms with Gasteiger partial charge in [0.15, 0.2) is 12.2 Å². The Morgan fingerprint density at radius 1 is 0.229 bits per heavy atom. The SMILES string of the molecule is COC(=O)CCN(CCNC(=O)CCN(CCNC(=O)[C@H](O)[C@@H](O)C(=O)NCCN(CCC(=O)NCCN(CCC(=O)OC)CCC(=O)OC)CCC(=O)NCCN(CCC(=O)OC)CCC(=O)OC)CCC(=O)NCCN(CCC(=O)OC)CCC(=O)OC)CCC(=O)OC. The van der Waals surface area contributed by atoms with Crippen molar-refractivity contribution in [3.05, 3.63) is 0 Å². The van der Waals surface area contributed by atoms with Crippen LogP contribution in [0.1, 0.15) is 77.0 Å². The van der Waals surface area contributed by atoms with E-state index in [4.69, 9.17) is 37.9 Å². The number of aliphatic hydroxyl groups excluding tert-OH is 2. The van der Waals surface area contributed by atoms with Crippen molar-refractivity contribution in [3.8, 4) is 0 Å². The van der Waals surface area contributed by atoms with Gasteiger partial charge in [-0.1, -0.05) is 0 Å². The standard InChI is InChI=1S/C60H106N12O24/c1-89-49(77)13-31-69(32-14-50(78)90-2)39-21-61-45(73)9-27-67(28-10-46(74)62-22-40-70(33-15-51(79)91-3)34-16-52(80)92-4)43-25-65-59(87)57(85)58(86)60(88)66-26-44-68(29-11-47(75)63-23-41-71(35-17-53(81)93-5)36-18-54(82)94-6)30-12-48(76)64-24-42-72(37-19-55(83)95-7)38-20-56(84)96-8/h57-58,85-86H,9-44H2,1-8H3,(H,61,73)(H,62,74)(H,63,75)(H,64,76)(H,65,87)(H,66,88)/t57-,58-/m1/s1. The van der Waals surface area contributed by atoms with Crippen LogP contribution in [0.25, 0.3) is 0 Å². The third-order valence-corrected chi connectivity index (χ3v) is 14.8. The molecule has 0 aromatic rings. The summed E-state index contributed by atoms with van der Waals surface area (Å²) in [4.78, 5) is 184. The molecule has 0 fully saturated rings. The molecule has 8 N–H and O–H groups in total. The van der Waals surface area contributed by atoms with Gasteiger partial charge >= 0.3 is 47.8 Å². The number of rotatable bonds is 57. The second-order valence-corrected chi connectivity index (χ2v) is 21.5. The summed E-state index contributed by atoms with van der Waals surface area (Å²) in [5.41, 5.74) is 0. The molecule has 0 saturated heterocycles. The van der Waals surface area contributed by atoms with E-state index in [1.165, 1.54) is 56.9 Å². The molecule has 0 radical (unpaired) electrons. The first-order valence-corrected chi connectivity index (χ1v) is 31.7. The van der Waals surface area contributed by atoms with E-state index in [-0.39, 0.29) is 234 Å². The van der Waals surface area contributed by atoms with Crippen LogP contribution >= 0.6 is 0 Å². The zero-order valence-corrected chi connectivity index (χ0v) is 57.2. The molecular formula is C60H106N12O24. The lowest BCUT2D eigenvalue weighted by Gasteiger charge is -2.25. The van der Waals surface area contributed by atoms with E-state index in [2.05, 4.69) is 31.9 Å². The summed E-state index contributed by atoms with van der Waals surface area (Å²) in [7, 11) is 10.0. The van der Waals surface area contributed by atoms with Gasteiger partial charge in [0.05, 0.1) is 108 Å². The second-order valence-electron chi connectivity index (χ2n) is 21.5. The Balaban J connectivity index is 6.08. The third kappa shape index (κ3) is 46.4. The van der Waals surface area contributed by atoms with Gasteiger partial charge in [0.25, 0.3) is 11.8 Å². The van der Waals surface area contributed by atoms with Crippen LogP contribution in [0.4, 0.5) is 0 Å². The second kappa shape index (κ2) is 55.4. The predicted molar refractivity (Wildman–Crippen MR) is 340 cm³/mol. The monoisotopic (exact) mass is 1380 g/mol. The molecule has 0 bridgehead atoms. The highest BCUT2D eigenvalue weighted by Crippen LogP contribution is 2.05. The predicted octanol–water partition coefficient (Wildman–Crippen LogP) is -5.72.